The van der Waals surface area contributed by atoms with Crippen molar-refractivity contribution in [2.75, 3.05) is 24.7 Å². The van der Waals surface area contributed by atoms with Crippen LogP contribution in [0, 0.1) is 5.92 Å². The second-order valence-corrected chi connectivity index (χ2v) is 6.78. The Bertz CT molecular complexity index is 818. The van der Waals surface area contributed by atoms with E-state index in [0.717, 1.165) is 29.8 Å². The largest absolute Gasteiger partial charge is 0.400 e. The number of amides is 1. The van der Waals surface area contributed by atoms with Crippen molar-refractivity contribution in [2.45, 2.75) is 39.7 Å². The van der Waals surface area contributed by atoms with Crippen molar-refractivity contribution in [2.24, 2.45) is 5.92 Å². The first-order valence-corrected chi connectivity index (χ1v) is 9.36. The summed E-state index contributed by atoms with van der Waals surface area (Å²) in [6.07, 6.45) is 2.10. The Kier molecular flexibility index (Phi) is 5.60. The van der Waals surface area contributed by atoms with Crippen molar-refractivity contribution >= 4 is 17.4 Å². The van der Waals surface area contributed by atoms with E-state index in [9.17, 15) is 4.79 Å². The molecule has 0 aliphatic carbocycles. The molecule has 1 amide bonds. The molecule has 0 saturated carbocycles. The van der Waals surface area contributed by atoms with Crippen LogP contribution in [-0.2, 0) is 4.79 Å². The number of fused-ring (bicyclic) bond motifs is 1. The van der Waals surface area contributed by atoms with Gasteiger partial charge in [-0.15, -0.1) is 5.06 Å². The van der Waals surface area contributed by atoms with Gasteiger partial charge >= 0.3 is 0 Å². The molecular weight excluding hydrogens is 342 g/mol. The Morgan fingerprint density at radius 1 is 1.22 bits per heavy atom. The summed E-state index contributed by atoms with van der Waals surface area (Å²) < 4.78 is 0. The van der Waals surface area contributed by atoms with Gasteiger partial charge in [-0.1, -0.05) is 26.7 Å². The summed E-state index contributed by atoms with van der Waals surface area (Å²) in [7, 11) is 3.78. The van der Waals surface area contributed by atoms with Crippen LogP contribution in [0.3, 0.4) is 0 Å². The molecule has 144 valence electrons. The van der Waals surface area contributed by atoms with E-state index in [0.29, 0.717) is 23.3 Å². The summed E-state index contributed by atoms with van der Waals surface area (Å²) in [6.45, 7) is 5.88. The summed E-state index contributed by atoms with van der Waals surface area (Å²) in [5.74, 6) is 2.38. The van der Waals surface area contributed by atoms with Crippen molar-refractivity contribution in [3.63, 3.8) is 0 Å². The molecule has 27 heavy (non-hydrogen) atoms. The van der Waals surface area contributed by atoms with Gasteiger partial charge < -0.3 is 15.5 Å². The molecule has 0 bridgehead atoms. The number of carbonyl (C=O) groups is 1. The van der Waals surface area contributed by atoms with E-state index in [1.165, 1.54) is 6.92 Å². The maximum atomic E-state index is 11.2. The second-order valence-electron chi connectivity index (χ2n) is 6.78. The molecule has 1 aliphatic heterocycles. The normalized spacial score (nSPS) is 16.1. The van der Waals surface area contributed by atoms with Gasteiger partial charge in [-0.25, -0.2) is 9.97 Å². The number of rotatable bonds is 6. The summed E-state index contributed by atoms with van der Waals surface area (Å²) >= 11 is 0. The molecule has 0 saturated heterocycles. The Hall–Kier alpha value is -2.67. The van der Waals surface area contributed by atoms with E-state index in [4.69, 9.17) is 9.82 Å². The van der Waals surface area contributed by atoms with Gasteiger partial charge in [0.05, 0.1) is 6.04 Å². The van der Waals surface area contributed by atoms with Crippen molar-refractivity contribution in [3.05, 3.63) is 30.0 Å². The highest BCUT2D eigenvalue weighted by Gasteiger charge is 2.38. The molecule has 1 aromatic heterocycles. The molecule has 2 aromatic rings. The van der Waals surface area contributed by atoms with Crippen LogP contribution in [0.15, 0.2) is 24.3 Å². The number of benzene rings is 1. The second kappa shape index (κ2) is 7.92. The first-order chi connectivity index (χ1) is 13.0. The number of hydrogen-bond acceptors (Lipinski definition) is 6. The third kappa shape index (κ3) is 3.73. The molecule has 1 unspecified atom stereocenters. The maximum Gasteiger partial charge on any atom is 0.221 e. The SMILES string of the molecule is CCC(CC)C1c2nc(-c3ccc(NC(C)=O)cc3)nc(NC)c2ON1C. The quantitative estimate of drug-likeness (QED) is 0.805. The van der Waals surface area contributed by atoms with E-state index in [2.05, 4.69) is 29.5 Å². The lowest BCUT2D eigenvalue weighted by Crippen LogP contribution is -2.27. The van der Waals surface area contributed by atoms with Crippen LogP contribution in [0.5, 0.6) is 5.75 Å². The van der Waals surface area contributed by atoms with E-state index in [-0.39, 0.29) is 11.9 Å². The predicted octanol–water partition coefficient (Wildman–Crippen LogP) is 3.86. The number of carbonyl (C=O) groups excluding carboxylic acids is 1. The van der Waals surface area contributed by atoms with Crippen LogP contribution in [0.2, 0.25) is 0 Å². The van der Waals surface area contributed by atoms with E-state index in [1.807, 2.05) is 43.4 Å². The van der Waals surface area contributed by atoms with Crippen LogP contribution >= 0.6 is 0 Å². The lowest BCUT2D eigenvalue weighted by molar-refractivity contribution is -0.114. The van der Waals surface area contributed by atoms with Crippen molar-refractivity contribution in [1.29, 1.82) is 0 Å². The van der Waals surface area contributed by atoms with Crippen LogP contribution in [0.4, 0.5) is 11.5 Å². The molecule has 3 rings (SSSR count). The molecule has 1 aliphatic rings. The fourth-order valence-electron chi connectivity index (χ4n) is 3.59. The standard InChI is InChI=1S/C20H27N5O2/c1-6-13(7-2)17-16-18(27-25(17)5)20(21-4)24-19(23-16)14-8-10-15(11-9-14)22-12(3)26/h8-11,13,17H,6-7H2,1-5H3,(H,22,26)(H,21,23,24). The van der Waals surface area contributed by atoms with Crippen LogP contribution in [0.25, 0.3) is 11.4 Å². The van der Waals surface area contributed by atoms with Crippen molar-refractivity contribution in [3.8, 4) is 17.1 Å². The molecule has 1 atom stereocenters. The van der Waals surface area contributed by atoms with Crippen molar-refractivity contribution in [1.82, 2.24) is 15.0 Å². The fourth-order valence-corrected chi connectivity index (χ4v) is 3.59. The Balaban J connectivity index is 2.02. The lowest BCUT2D eigenvalue weighted by Gasteiger charge is -2.24. The molecular formula is C20H27N5O2. The molecule has 2 N–H and O–H groups in total. The zero-order valence-electron chi connectivity index (χ0n) is 16.5. The summed E-state index contributed by atoms with van der Waals surface area (Å²) in [4.78, 5) is 26.7. The third-order valence-electron chi connectivity index (χ3n) is 4.99. The molecule has 7 nitrogen and oxygen atoms in total. The highest BCUT2D eigenvalue weighted by molar-refractivity contribution is 5.88. The average Bonchev–Trinajstić information content (AvgIpc) is 2.98. The van der Waals surface area contributed by atoms with Gasteiger partial charge in [0.25, 0.3) is 0 Å². The maximum absolute atomic E-state index is 11.2. The number of hydroxylamine groups is 2. The molecule has 2 heterocycles. The fraction of sp³-hybridized carbons (Fsp3) is 0.450. The van der Waals surface area contributed by atoms with E-state index < -0.39 is 0 Å². The molecule has 0 fully saturated rings. The molecule has 0 radical (unpaired) electrons. The van der Waals surface area contributed by atoms with Gasteiger partial charge in [0.2, 0.25) is 11.7 Å². The monoisotopic (exact) mass is 369 g/mol. The van der Waals surface area contributed by atoms with Gasteiger partial charge in [-0.3, -0.25) is 4.79 Å². The van der Waals surface area contributed by atoms with E-state index >= 15 is 0 Å². The zero-order valence-corrected chi connectivity index (χ0v) is 16.5. The molecule has 1 aromatic carbocycles. The van der Waals surface area contributed by atoms with Gasteiger partial charge in [-0.05, 0) is 30.2 Å². The zero-order chi connectivity index (χ0) is 19.6. The number of hydrogen-bond donors (Lipinski definition) is 2. The Morgan fingerprint density at radius 3 is 2.44 bits per heavy atom. The number of aromatic nitrogens is 2. The van der Waals surface area contributed by atoms with Gasteiger partial charge in [0, 0.05) is 32.3 Å². The topological polar surface area (TPSA) is 79.4 Å². The van der Waals surface area contributed by atoms with Gasteiger partial charge in [0.15, 0.2) is 11.6 Å². The number of nitrogens with one attached hydrogen (secondary N) is 2. The summed E-state index contributed by atoms with van der Waals surface area (Å²) in [5, 5.41) is 7.79. The van der Waals surface area contributed by atoms with E-state index in [1.54, 1.807) is 0 Å². The minimum atomic E-state index is -0.0952. The first-order valence-electron chi connectivity index (χ1n) is 9.36. The predicted molar refractivity (Wildman–Crippen MR) is 107 cm³/mol. The van der Waals surface area contributed by atoms with Gasteiger partial charge in [-0.2, -0.15) is 0 Å². The van der Waals surface area contributed by atoms with Crippen LogP contribution in [-0.4, -0.2) is 35.0 Å². The smallest absolute Gasteiger partial charge is 0.221 e. The Labute approximate surface area is 160 Å². The summed E-state index contributed by atoms with van der Waals surface area (Å²) in [5.41, 5.74) is 2.56. The van der Waals surface area contributed by atoms with Crippen LogP contribution in [0.1, 0.15) is 45.3 Å². The molecule has 0 spiro atoms. The van der Waals surface area contributed by atoms with Crippen molar-refractivity contribution < 1.29 is 9.63 Å². The summed E-state index contributed by atoms with van der Waals surface area (Å²) in [6, 6.07) is 7.64. The minimum absolute atomic E-state index is 0.0952. The minimum Gasteiger partial charge on any atom is -0.400 e. The van der Waals surface area contributed by atoms with Gasteiger partial charge in [0.1, 0.15) is 5.69 Å². The van der Waals surface area contributed by atoms with Crippen LogP contribution < -0.4 is 15.5 Å². The number of anilines is 2. The number of nitrogens with zero attached hydrogens (tertiary/aromatic N) is 3. The molecule has 7 heteroatoms. The Morgan fingerprint density at radius 2 is 1.89 bits per heavy atom. The highest BCUT2D eigenvalue weighted by Crippen LogP contribution is 2.45. The highest BCUT2D eigenvalue weighted by atomic mass is 16.7. The third-order valence-corrected chi connectivity index (χ3v) is 4.99. The average molecular weight is 369 g/mol. The first kappa shape index (κ1) is 19.1. The lowest BCUT2D eigenvalue weighted by atomic mass is 9.91.